The molecule has 0 atom stereocenters. The maximum absolute atomic E-state index is 12.0. The van der Waals surface area contributed by atoms with E-state index in [1.54, 1.807) is 11.3 Å². The van der Waals surface area contributed by atoms with Crippen LogP contribution in [-0.4, -0.2) is 5.91 Å². The standard InChI is InChI=1S/C13H18BrNOS/c1-9-2-4-10(5-3-9)13(16)15-7-12-6-11(14)8-17-12/h6,8-10H,2-5,7H2,1H3,(H,15,16). The summed E-state index contributed by atoms with van der Waals surface area (Å²) in [6.07, 6.45) is 4.51. The lowest BCUT2D eigenvalue weighted by Crippen LogP contribution is -2.32. The highest BCUT2D eigenvalue weighted by atomic mass is 79.9. The molecule has 1 aromatic heterocycles. The SMILES string of the molecule is CC1CCC(C(=O)NCc2cc(Br)cs2)CC1. The topological polar surface area (TPSA) is 29.1 Å². The Kier molecular flexibility index (Phi) is 4.62. The number of halogens is 1. The zero-order valence-electron chi connectivity index (χ0n) is 10.0. The number of hydrogen-bond donors (Lipinski definition) is 1. The predicted octanol–water partition coefficient (Wildman–Crippen LogP) is 3.95. The quantitative estimate of drug-likeness (QED) is 0.899. The van der Waals surface area contributed by atoms with Crippen molar-refractivity contribution in [1.82, 2.24) is 5.32 Å². The minimum atomic E-state index is 0.237. The van der Waals surface area contributed by atoms with Crippen LogP contribution < -0.4 is 5.32 Å². The zero-order chi connectivity index (χ0) is 12.3. The smallest absolute Gasteiger partial charge is 0.223 e. The Labute approximate surface area is 115 Å². The summed E-state index contributed by atoms with van der Waals surface area (Å²) < 4.78 is 1.10. The summed E-state index contributed by atoms with van der Waals surface area (Å²) in [6, 6.07) is 2.06. The average molecular weight is 316 g/mol. The molecule has 0 spiro atoms. The van der Waals surface area contributed by atoms with Crippen molar-refractivity contribution in [1.29, 1.82) is 0 Å². The van der Waals surface area contributed by atoms with Crippen LogP contribution in [0.1, 0.15) is 37.5 Å². The third kappa shape index (κ3) is 3.81. The average Bonchev–Trinajstić information content (AvgIpc) is 2.73. The number of rotatable bonds is 3. The van der Waals surface area contributed by atoms with Crippen molar-refractivity contribution in [2.24, 2.45) is 11.8 Å². The molecule has 0 unspecified atom stereocenters. The second-order valence-electron chi connectivity index (χ2n) is 4.91. The van der Waals surface area contributed by atoms with Gasteiger partial charge in [0, 0.05) is 20.6 Å². The molecule has 1 N–H and O–H groups in total. The zero-order valence-corrected chi connectivity index (χ0v) is 12.4. The number of carbonyl (C=O) groups is 1. The maximum Gasteiger partial charge on any atom is 0.223 e. The van der Waals surface area contributed by atoms with Gasteiger partial charge < -0.3 is 5.32 Å². The molecule has 0 bridgehead atoms. The second kappa shape index (κ2) is 6.01. The molecule has 1 aliphatic carbocycles. The molecule has 2 rings (SSSR count). The molecule has 1 amide bonds. The molecule has 1 heterocycles. The van der Waals surface area contributed by atoms with Crippen molar-refractivity contribution < 1.29 is 4.79 Å². The number of thiophene rings is 1. The monoisotopic (exact) mass is 315 g/mol. The summed E-state index contributed by atoms with van der Waals surface area (Å²) in [5, 5.41) is 5.09. The summed E-state index contributed by atoms with van der Waals surface area (Å²) in [7, 11) is 0. The fourth-order valence-corrected chi connectivity index (χ4v) is 3.68. The van der Waals surface area contributed by atoms with Crippen LogP contribution in [0.25, 0.3) is 0 Å². The van der Waals surface area contributed by atoms with E-state index in [0.717, 1.165) is 23.2 Å². The fourth-order valence-electron chi connectivity index (χ4n) is 2.29. The number of nitrogens with one attached hydrogen (secondary N) is 1. The van der Waals surface area contributed by atoms with Gasteiger partial charge >= 0.3 is 0 Å². The first-order valence-corrected chi connectivity index (χ1v) is 7.83. The Morgan fingerprint density at radius 1 is 1.47 bits per heavy atom. The molecular weight excluding hydrogens is 298 g/mol. The van der Waals surface area contributed by atoms with E-state index in [1.165, 1.54) is 17.7 Å². The third-order valence-corrected chi connectivity index (χ3v) is 5.14. The highest BCUT2D eigenvalue weighted by molar-refractivity contribution is 9.10. The Hall–Kier alpha value is -0.350. The first kappa shape index (κ1) is 13.1. The van der Waals surface area contributed by atoms with Gasteiger partial charge in [-0.25, -0.2) is 0 Å². The molecule has 1 fully saturated rings. The van der Waals surface area contributed by atoms with Gasteiger partial charge in [-0.3, -0.25) is 4.79 Å². The van der Waals surface area contributed by atoms with E-state index in [4.69, 9.17) is 0 Å². The molecule has 2 nitrogen and oxygen atoms in total. The van der Waals surface area contributed by atoms with Crippen molar-refractivity contribution in [2.75, 3.05) is 0 Å². The van der Waals surface area contributed by atoms with Gasteiger partial charge in [0.25, 0.3) is 0 Å². The largest absolute Gasteiger partial charge is 0.351 e. The van der Waals surface area contributed by atoms with Crippen molar-refractivity contribution in [2.45, 2.75) is 39.2 Å². The summed E-state index contributed by atoms with van der Waals surface area (Å²) in [4.78, 5) is 13.2. The van der Waals surface area contributed by atoms with E-state index in [0.29, 0.717) is 6.54 Å². The molecule has 0 aromatic carbocycles. The summed E-state index contributed by atoms with van der Waals surface area (Å²) >= 11 is 5.10. The van der Waals surface area contributed by atoms with E-state index in [1.807, 2.05) is 5.38 Å². The summed E-state index contributed by atoms with van der Waals surface area (Å²) in [6.45, 7) is 2.94. The number of hydrogen-bond acceptors (Lipinski definition) is 2. The summed E-state index contributed by atoms with van der Waals surface area (Å²) in [5.74, 6) is 1.28. The summed E-state index contributed by atoms with van der Waals surface area (Å²) in [5.41, 5.74) is 0. The van der Waals surface area contributed by atoms with Crippen LogP contribution in [0.5, 0.6) is 0 Å². The Bertz CT molecular complexity index is 383. The van der Waals surface area contributed by atoms with Gasteiger partial charge in [-0.05, 0) is 53.6 Å². The number of carbonyl (C=O) groups excluding carboxylic acids is 1. The van der Waals surface area contributed by atoms with Crippen LogP contribution in [0.2, 0.25) is 0 Å². The molecule has 0 radical (unpaired) electrons. The van der Waals surface area contributed by atoms with Gasteiger partial charge in [-0.2, -0.15) is 0 Å². The molecule has 1 aromatic rings. The van der Waals surface area contributed by atoms with Crippen LogP contribution in [0.15, 0.2) is 15.9 Å². The van der Waals surface area contributed by atoms with Crippen LogP contribution in [0.4, 0.5) is 0 Å². The fraction of sp³-hybridized carbons (Fsp3) is 0.615. The molecular formula is C13H18BrNOS. The predicted molar refractivity (Wildman–Crippen MR) is 75.0 cm³/mol. The van der Waals surface area contributed by atoms with Gasteiger partial charge in [0.15, 0.2) is 0 Å². The first-order valence-electron chi connectivity index (χ1n) is 6.16. The van der Waals surface area contributed by atoms with Crippen LogP contribution in [-0.2, 0) is 11.3 Å². The highest BCUT2D eigenvalue weighted by Crippen LogP contribution is 2.28. The van der Waals surface area contributed by atoms with Gasteiger partial charge in [0.2, 0.25) is 5.91 Å². The Morgan fingerprint density at radius 2 is 2.18 bits per heavy atom. The molecule has 1 saturated carbocycles. The lowest BCUT2D eigenvalue weighted by atomic mass is 9.82. The van der Waals surface area contributed by atoms with Crippen LogP contribution in [0.3, 0.4) is 0 Å². The molecule has 1 aliphatic rings. The van der Waals surface area contributed by atoms with Crippen LogP contribution >= 0.6 is 27.3 Å². The number of amides is 1. The molecule has 94 valence electrons. The van der Waals surface area contributed by atoms with Gasteiger partial charge in [0.1, 0.15) is 0 Å². The molecule has 17 heavy (non-hydrogen) atoms. The first-order chi connectivity index (χ1) is 8.15. The van der Waals surface area contributed by atoms with Crippen LogP contribution in [0, 0.1) is 11.8 Å². The molecule has 0 saturated heterocycles. The third-order valence-electron chi connectivity index (χ3n) is 3.45. The highest BCUT2D eigenvalue weighted by Gasteiger charge is 2.23. The van der Waals surface area contributed by atoms with Crippen molar-refractivity contribution >= 4 is 33.2 Å². The van der Waals surface area contributed by atoms with Crippen molar-refractivity contribution in [3.8, 4) is 0 Å². The van der Waals surface area contributed by atoms with Gasteiger partial charge in [-0.1, -0.05) is 6.92 Å². The Balaban J connectivity index is 1.77. The van der Waals surface area contributed by atoms with E-state index in [2.05, 4.69) is 34.2 Å². The minimum absolute atomic E-state index is 0.237. The van der Waals surface area contributed by atoms with E-state index in [-0.39, 0.29) is 11.8 Å². The Morgan fingerprint density at radius 3 is 2.76 bits per heavy atom. The molecule has 4 heteroatoms. The van der Waals surface area contributed by atoms with Gasteiger partial charge in [0.05, 0.1) is 6.54 Å². The van der Waals surface area contributed by atoms with E-state index >= 15 is 0 Å². The minimum Gasteiger partial charge on any atom is -0.351 e. The van der Waals surface area contributed by atoms with Crippen molar-refractivity contribution in [3.63, 3.8) is 0 Å². The normalized spacial score (nSPS) is 24.6. The van der Waals surface area contributed by atoms with Crippen molar-refractivity contribution in [3.05, 3.63) is 20.8 Å². The lowest BCUT2D eigenvalue weighted by molar-refractivity contribution is -0.126. The van der Waals surface area contributed by atoms with E-state index in [9.17, 15) is 4.79 Å². The maximum atomic E-state index is 12.0. The molecule has 0 aliphatic heterocycles. The van der Waals surface area contributed by atoms with Gasteiger partial charge in [-0.15, -0.1) is 11.3 Å². The van der Waals surface area contributed by atoms with E-state index < -0.39 is 0 Å². The lowest BCUT2D eigenvalue weighted by Gasteiger charge is -2.25. The second-order valence-corrected chi connectivity index (χ2v) is 6.82.